The lowest BCUT2D eigenvalue weighted by molar-refractivity contribution is -0.140. The van der Waals surface area contributed by atoms with Crippen LogP contribution >= 0.6 is 11.8 Å². The van der Waals surface area contributed by atoms with E-state index in [2.05, 4.69) is 14.2 Å². The Bertz CT molecular complexity index is 1910. The van der Waals surface area contributed by atoms with Crippen molar-refractivity contribution in [2.24, 2.45) is 0 Å². The summed E-state index contributed by atoms with van der Waals surface area (Å²) in [5, 5.41) is -0.195. The highest BCUT2D eigenvalue weighted by Crippen LogP contribution is 2.44. The van der Waals surface area contributed by atoms with Crippen LogP contribution in [0.4, 0.5) is 36.4 Å². The first-order valence-electron chi connectivity index (χ1n) is 15.1. The molecule has 0 saturated carbocycles. The number of rotatable bonds is 12. The smallest absolute Gasteiger partial charge is 0.497 e. The number of alkyl halides is 6. The zero-order valence-corrected chi connectivity index (χ0v) is 28.8. The van der Waals surface area contributed by atoms with Gasteiger partial charge in [-0.1, -0.05) is 43.0 Å². The van der Waals surface area contributed by atoms with Crippen molar-refractivity contribution in [3.05, 3.63) is 100.0 Å². The first-order valence-corrected chi connectivity index (χ1v) is 17.5. The molecule has 1 aromatic heterocycles. The van der Waals surface area contributed by atoms with Crippen LogP contribution in [0.25, 0.3) is 0 Å². The van der Waals surface area contributed by atoms with Crippen molar-refractivity contribution >= 4 is 27.6 Å². The van der Waals surface area contributed by atoms with Crippen LogP contribution in [0.3, 0.4) is 0 Å². The highest BCUT2D eigenvalue weighted by atomic mass is 32.2. The fraction of sp³-hybridized carbons (Fsp3) is 0.333. The van der Waals surface area contributed by atoms with Crippen molar-refractivity contribution in [2.45, 2.75) is 56.0 Å². The number of thioether (sulfide) groups is 1. The van der Waals surface area contributed by atoms with Crippen LogP contribution in [0.2, 0.25) is 0 Å². The van der Waals surface area contributed by atoms with Gasteiger partial charge in [-0.25, -0.2) is 9.37 Å². The lowest BCUT2D eigenvalue weighted by Crippen LogP contribution is -2.30. The number of methoxy groups -OCH3 is 2. The Morgan fingerprint density at radius 3 is 1.94 bits per heavy atom. The molecule has 0 amide bonds. The lowest BCUT2D eigenvalue weighted by Gasteiger charge is -2.31. The van der Waals surface area contributed by atoms with E-state index in [1.807, 2.05) is 0 Å². The number of hydrogen-bond acceptors (Lipinski definition) is 10. The molecule has 1 unspecified atom stereocenters. The summed E-state index contributed by atoms with van der Waals surface area (Å²) in [6.07, 6.45) is -7.25. The minimum absolute atomic E-state index is 0.0608. The van der Waals surface area contributed by atoms with E-state index in [0.29, 0.717) is 28.4 Å². The van der Waals surface area contributed by atoms with Crippen molar-refractivity contribution in [1.82, 2.24) is 9.97 Å². The Balaban J connectivity index is 1.59. The summed E-state index contributed by atoms with van der Waals surface area (Å²) in [5.41, 5.74) is -7.28. The maximum atomic E-state index is 16.8. The first-order chi connectivity index (χ1) is 24.0. The Hall–Kier alpha value is -4.29. The van der Waals surface area contributed by atoms with Crippen LogP contribution in [0.15, 0.2) is 65.8 Å². The highest BCUT2D eigenvalue weighted by molar-refractivity contribution is 7.99. The van der Waals surface area contributed by atoms with Crippen LogP contribution in [0.1, 0.15) is 46.5 Å². The van der Waals surface area contributed by atoms with Gasteiger partial charge in [0, 0.05) is 25.1 Å². The van der Waals surface area contributed by atoms with E-state index in [1.165, 1.54) is 14.2 Å². The van der Waals surface area contributed by atoms with Crippen LogP contribution in [0, 0.1) is 5.82 Å². The number of ether oxygens (including phenoxy) is 3. The molecule has 0 radical (unpaired) electrons. The SMILES string of the molecule is CCSc1nc2c(c(OS(=O)(=O)C(F)(F)F)n1)COC(c1c(C(F)(F)F)ccc(N(Cc3ccc(OC)cc3)Cc3ccc(OC)cc3)c1F)C2. The minimum atomic E-state index is -6.17. The van der Waals surface area contributed by atoms with Gasteiger partial charge in [-0.05, 0) is 53.3 Å². The Morgan fingerprint density at radius 2 is 1.45 bits per heavy atom. The Kier molecular flexibility index (Phi) is 11.3. The van der Waals surface area contributed by atoms with Gasteiger partial charge in [0.1, 0.15) is 11.5 Å². The molecule has 3 aromatic carbocycles. The number of benzene rings is 3. The second kappa shape index (κ2) is 15.1. The molecule has 51 heavy (non-hydrogen) atoms. The molecule has 1 aliphatic rings. The molecule has 4 aromatic rings. The third-order valence-corrected chi connectivity index (χ3v) is 9.45. The standard InChI is InChI=1S/C33H30F7N3O6S2/c1-4-50-31-41-25-15-27(48-18-23(25)30(42-31)49-51(44,45)33(38,39)40)28-24(32(35,36)37)13-14-26(29(28)34)43(16-19-5-9-21(46-2)10-6-19)17-20-7-11-22(47-3)12-8-20/h5-14,27H,4,15-18H2,1-3H3. The first kappa shape index (κ1) is 38.0. The van der Waals surface area contributed by atoms with Gasteiger partial charge in [0.2, 0.25) is 5.88 Å². The van der Waals surface area contributed by atoms with Crippen LogP contribution < -0.4 is 18.6 Å². The largest absolute Gasteiger partial charge is 0.534 e. The predicted octanol–water partition coefficient (Wildman–Crippen LogP) is 8.01. The summed E-state index contributed by atoms with van der Waals surface area (Å²) in [6, 6.07) is 15.4. The van der Waals surface area contributed by atoms with Gasteiger partial charge in [0.25, 0.3) is 0 Å². The molecule has 9 nitrogen and oxygen atoms in total. The molecule has 2 heterocycles. The fourth-order valence-corrected chi connectivity index (χ4v) is 6.35. The second-order valence-electron chi connectivity index (χ2n) is 11.1. The van der Waals surface area contributed by atoms with E-state index in [1.54, 1.807) is 60.4 Å². The summed E-state index contributed by atoms with van der Waals surface area (Å²) in [4.78, 5) is 9.56. The maximum Gasteiger partial charge on any atom is 0.534 e. The second-order valence-corrected chi connectivity index (χ2v) is 13.8. The molecule has 0 bridgehead atoms. The van der Waals surface area contributed by atoms with E-state index in [-0.39, 0.29) is 35.2 Å². The molecular weight excluding hydrogens is 731 g/mol. The van der Waals surface area contributed by atoms with Gasteiger partial charge in [-0.3, -0.25) is 0 Å². The Morgan fingerprint density at radius 1 is 0.882 bits per heavy atom. The average molecular weight is 762 g/mol. The van der Waals surface area contributed by atoms with Gasteiger partial charge in [0.15, 0.2) is 11.0 Å². The van der Waals surface area contributed by atoms with Gasteiger partial charge in [-0.2, -0.15) is 39.7 Å². The summed E-state index contributed by atoms with van der Waals surface area (Å²) in [6.45, 7) is 1.01. The number of nitrogens with zero attached hydrogens (tertiary/aromatic N) is 3. The zero-order valence-electron chi connectivity index (χ0n) is 27.1. The number of anilines is 1. The van der Waals surface area contributed by atoms with Gasteiger partial charge >= 0.3 is 21.8 Å². The predicted molar refractivity (Wildman–Crippen MR) is 173 cm³/mol. The highest BCUT2D eigenvalue weighted by Gasteiger charge is 2.49. The molecule has 0 spiro atoms. The number of hydrogen-bond donors (Lipinski definition) is 0. The van der Waals surface area contributed by atoms with Crippen molar-refractivity contribution < 1.29 is 57.5 Å². The van der Waals surface area contributed by atoms with E-state index < -0.39 is 63.8 Å². The molecule has 0 saturated heterocycles. The molecule has 0 aliphatic carbocycles. The van der Waals surface area contributed by atoms with E-state index in [9.17, 15) is 34.8 Å². The van der Waals surface area contributed by atoms with Crippen LogP contribution in [0.5, 0.6) is 17.4 Å². The molecule has 1 aliphatic heterocycles. The number of fused-ring (bicyclic) bond motifs is 1. The molecule has 0 fully saturated rings. The lowest BCUT2D eigenvalue weighted by atomic mass is 9.93. The van der Waals surface area contributed by atoms with Crippen molar-refractivity contribution in [3.63, 3.8) is 0 Å². The van der Waals surface area contributed by atoms with Crippen molar-refractivity contribution in [2.75, 3.05) is 24.9 Å². The molecule has 18 heteroatoms. The molecule has 5 rings (SSSR count). The monoisotopic (exact) mass is 761 g/mol. The topological polar surface area (TPSA) is 100 Å². The van der Waals surface area contributed by atoms with Gasteiger partial charge in [-0.15, -0.1) is 0 Å². The summed E-state index contributed by atoms with van der Waals surface area (Å²) < 4.78 is 144. The molecular formula is C33H30F7N3O6S2. The van der Waals surface area contributed by atoms with Crippen LogP contribution in [-0.2, 0) is 47.1 Å². The van der Waals surface area contributed by atoms with Gasteiger partial charge < -0.3 is 23.3 Å². The van der Waals surface area contributed by atoms with Gasteiger partial charge in [0.05, 0.1) is 49.4 Å². The summed E-state index contributed by atoms with van der Waals surface area (Å²) in [7, 11) is -3.19. The fourth-order valence-electron chi connectivity index (χ4n) is 5.33. The minimum Gasteiger partial charge on any atom is -0.497 e. The quantitative estimate of drug-likeness (QED) is 0.0464. The normalized spacial score (nSPS) is 14.9. The van der Waals surface area contributed by atoms with E-state index in [4.69, 9.17) is 14.2 Å². The van der Waals surface area contributed by atoms with E-state index in [0.717, 1.165) is 23.9 Å². The molecule has 0 N–H and O–H groups in total. The maximum absolute atomic E-state index is 16.8. The molecule has 274 valence electrons. The molecule has 1 atom stereocenters. The summed E-state index contributed by atoms with van der Waals surface area (Å²) >= 11 is 0.920. The number of halogens is 7. The summed E-state index contributed by atoms with van der Waals surface area (Å²) in [5.74, 6) is -0.799. The number of aromatic nitrogens is 2. The Labute approximate surface area is 292 Å². The van der Waals surface area contributed by atoms with Crippen molar-refractivity contribution in [1.29, 1.82) is 0 Å². The van der Waals surface area contributed by atoms with Crippen molar-refractivity contribution in [3.8, 4) is 17.4 Å². The third-order valence-electron chi connectivity index (χ3n) is 7.78. The van der Waals surface area contributed by atoms with E-state index >= 15 is 4.39 Å². The zero-order chi connectivity index (χ0) is 37.1. The average Bonchev–Trinajstić information content (AvgIpc) is 3.07. The third kappa shape index (κ3) is 8.61. The van der Waals surface area contributed by atoms with Crippen LogP contribution in [-0.4, -0.2) is 43.9 Å².